The smallest absolute Gasteiger partial charge is 0.412 e. The van der Waals surface area contributed by atoms with Crippen LogP contribution in [0.15, 0.2) is 60.5 Å². The van der Waals surface area contributed by atoms with Crippen LogP contribution in [0.1, 0.15) is 48.5 Å². The summed E-state index contributed by atoms with van der Waals surface area (Å²) in [5.74, 6) is -2.27. The summed E-state index contributed by atoms with van der Waals surface area (Å²) in [6.45, 7) is 4.39. The van der Waals surface area contributed by atoms with Crippen molar-refractivity contribution >= 4 is 17.4 Å². The van der Waals surface area contributed by atoms with Gasteiger partial charge in [-0.2, -0.15) is 9.83 Å². The van der Waals surface area contributed by atoms with Crippen LogP contribution in [0.25, 0.3) is 11.3 Å². The van der Waals surface area contributed by atoms with Crippen LogP contribution in [0.3, 0.4) is 0 Å². The molecule has 0 saturated heterocycles. The van der Waals surface area contributed by atoms with Crippen molar-refractivity contribution in [3.05, 3.63) is 88.3 Å². The Morgan fingerprint density at radius 2 is 2.02 bits per heavy atom. The number of nitrogens with one attached hydrogen (secondary N) is 1. The van der Waals surface area contributed by atoms with Crippen LogP contribution < -0.4 is 9.88 Å². The molecule has 0 aliphatic heterocycles. The highest BCUT2D eigenvalue weighted by Gasteiger charge is 2.43. The fourth-order valence-corrected chi connectivity index (χ4v) is 5.53. The van der Waals surface area contributed by atoms with Gasteiger partial charge in [0.2, 0.25) is 12.6 Å². The lowest BCUT2D eigenvalue weighted by molar-refractivity contribution is -0.753. The van der Waals surface area contributed by atoms with Gasteiger partial charge in [0.15, 0.2) is 0 Å². The van der Waals surface area contributed by atoms with Crippen LogP contribution in [0.4, 0.5) is 13.6 Å². The van der Waals surface area contributed by atoms with E-state index in [1.54, 1.807) is 49.7 Å². The average molecular weight is 611 g/mol. The zero-order valence-corrected chi connectivity index (χ0v) is 25.2. The third-order valence-electron chi connectivity index (χ3n) is 7.24. The molecule has 0 aliphatic carbocycles. The lowest BCUT2D eigenvalue weighted by Gasteiger charge is -2.32. The average Bonchev–Trinajstić information content (AvgIpc) is 3.68. The van der Waals surface area contributed by atoms with Crippen molar-refractivity contribution in [1.29, 1.82) is 5.26 Å². The largest absolute Gasteiger partial charge is 0.412 e. The van der Waals surface area contributed by atoms with Gasteiger partial charge in [0, 0.05) is 48.0 Å². The van der Waals surface area contributed by atoms with Gasteiger partial charge in [-0.3, -0.25) is 0 Å². The number of aliphatic hydroxyl groups is 1. The Morgan fingerprint density at radius 3 is 2.72 bits per heavy atom. The summed E-state index contributed by atoms with van der Waals surface area (Å²) in [5, 5.41) is 30.9. The van der Waals surface area contributed by atoms with Gasteiger partial charge >= 0.3 is 6.09 Å². The summed E-state index contributed by atoms with van der Waals surface area (Å²) < 4.78 is 38.0. The van der Waals surface area contributed by atoms with Crippen molar-refractivity contribution in [2.45, 2.75) is 44.6 Å². The maximum atomic E-state index is 15.2. The molecule has 2 heterocycles. The van der Waals surface area contributed by atoms with E-state index in [0.717, 1.165) is 36.7 Å². The highest BCUT2D eigenvalue weighted by Crippen LogP contribution is 2.41. The molecule has 2 aromatic carbocycles. The third kappa shape index (κ3) is 7.40. The molecule has 0 spiro atoms. The molecule has 1 amide bonds. The Labute approximate surface area is 252 Å². The van der Waals surface area contributed by atoms with Gasteiger partial charge in [-0.1, -0.05) is 19.1 Å². The summed E-state index contributed by atoms with van der Waals surface area (Å²) >= 11 is 1.28. The zero-order valence-electron chi connectivity index (χ0n) is 24.4. The van der Waals surface area contributed by atoms with Crippen molar-refractivity contribution in [2.75, 3.05) is 27.2 Å². The summed E-state index contributed by atoms with van der Waals surface area (Å²) in [7, 11) is 3.49. The number of rotatable bonds is 12. The molecule has 13 heteroatoms. The molecule has 43 heavy (non-hydrogen) atoms. The number of nitriles is 1. The second-order valence-electron chi connectivity index (χ2n) is 10.3. The molecule has 3 unspecified atom stereocenters. The second kappa shape index (κ2) is 13.8. The standard InChI is InChI=1S/C30H34F2N7O3S/c1-20(28-36-27(16-43-28)23-8-6-22(15-33)7-9-23)30(41,25-14-24(31)10-11-26(25)32)17-39-19-38(18-35-39)21(2)42-29(40)37(4)13-5-12-34-3/h6-11,14,16,18-21,34,41H,5,12-13,17H2,1-4H3/q+1. The molecule has 0 fully saturated rings. The van der Waals surface area contributed by atoms with Crippen molar-refractivity contribution in [3.8, 4) is 17.3 Å². The number of carbonyl (C=O) groups is 1. The molecule has 0 radical (unpaired) electrons. The van der Waals surface area contributed by atoms with E-state index in [1.165, 1.54) is 33.6 Å². The number of nitrogens with zero attached hydrogens (tertiary/aromatic N) is 6. The zero-order chi connectivity index (χ0) is 31.1. The van der Waals surface area contributed by atoms with E-state index >= 15 is 4.39 Å². The first-order valence-electron chi connectivity index (χ1n) is 13.7. The molecule has 0 aliphatic rings. The summed E-state index contributed by atoms with van der Waals surface area (Å²) in [6, 6.07) is 11.9. The number of benzene rings is 2. The minimum absolute atomic E-state index is 0.236. The SMILES string of the molecule is CNCCCN(C)C(=O)OC(C)[n+]1cnn(CC(O)(c2cc(F)ccc2F)C(C)c2nc(-c3ccc(C#N)cc3)cs2)c1. The Hall–Kier alpha value is -4.25. The highest BCUT2D eigenvalue weighted by atomic mass is 32.1. The number of thiazole rings is 1. The predicted octanol–water partition coefficient (Wildman–Crippen LogP) is 4.33. The summed E-state index contributed by atoms with van der Waals surface area (Å²) in [5.41, 5.74) is -0.288. The quantitative estimate of drug-likeness (QED) is 0.181. The van der Waals surface area contributed by atoms with Crippen LogP contribution in [-0.2, 0) is 16.9 Å². The van der Waals surface area contributed by atoms with Crippen LogP contribution >= 0.6 is 11.3 Å². The molecule has 2 N–H and O–H groups in total. The number of halogens is 2. The Morgan fingerprint density at radius 1 is 1.28 bits per heavy atom. The normalized spacial score (nSPS) is 14.0. The fraction of sp³-hybridized carbons (Fsp3) is 0.367. The van der Waals surface area contributed by atoms with Crippen molar-refractivity contribution in [2.24, 2.45) is 0 Å². The molecule has 4 rings (SSSR count). The first-order valence-corrected chi connectivity index (χ1v) is 14.6. The lowest BCUT2D eigenvalue weighted by atomic mass is 9.82. The van der Waals surface area contributed by atoms with Crippen molar-refractivity contribution < 1.29 is 28.0 Å². The van der Waals surface area contributed by atoms with Gasteiger partial charge in [-0.15, -0.1) is 16.0 Å². The molecule has 0 bridgehead atoms. The minimum Gasteiger partial charge on any atom is -0.412 e. The number of ether oxygens (including phenoxy) is 1. The van der Waals surface area contributed by atoms with E-state index in [4.69, 9.17) is 10.00 Å². The molecular formula is C30H34F2N7O3S+. The van der Waals surface area contributed by atoms with E-state index in [1.807, 2.05) is 12.4 Å². The van der Waals surface area contributed by atoms with Crippen LogP contribution in [0.2, 0.25) is 0 Å². The fourth-order valence-electron chi connectivity index (χ4n) is 4.56. The van der Waals surface area contributed by atoms with E-state index < -0.39 is 35.5 Å². The van der Waals surface area contributed by atoms with Gasteiger partial charge in [0.1, 0.15) is 23.8 Å². The number of hydrogen-bond acceptors (Lipinski definition) is 8. The second-order valence-corrected chi connectivity index (χ2v) is 11.2. The number of hydrogen-bond donors (Lipinski definition) is 2. The summed E-state index contributed by atoms with van der Waals surface area (Å²) in [4.78, 5) is 18.7. The van der Waals surface area contributed by atoms with Gasteiger partial charge in [0.05, 0.1) is 22.3 Å². The molecular weight excluding hydrogens is 576 g/mol. The Bertz CT molecular complexity index is 1590. The maximum Gasteiger partial charge on any atom is 0.412 e. The number of amides is 1. The van der Waals surface area contributed by atoms with Gasteiger partial charge in [0.25, 0.3) is 6.33 Å². The molecule has 3 atom stereocenters. The van der Waals surface area contributed by atoms with Gasteiger partial charge < -0.3 is 20.1 Å². The van der Waals surface area contributed by atoms with Gasteiger partial charge in [-0.25, -0.2) is 18.6 Å². The molecule has 226 valence electrons. The van der Waals surface area contributed by atoms with Gasteiger partial charge in [-0.05, 0) is 50.3 Å². The number of carbonyl (C=O) groups excluding carboxylic acids is 1. The Kier molecular flexibility index (Phi) is 10.2. The van der Waals surface area contributed by atoms with Crippen LogP contribution in [0.5, 0.6) is 0 Å². The van der Waals surface area contributed by atoms with Crippen LogP contribution in [0, 0.1) is 23.0 Å². The first-order chi connectivity index (χ1) is 20.5. The molecule has 4 aromatic rings. The minimum atomic E-state index is -1.97. The van der Waals surface area contributed by atoms with E-state index in [2.05, 4.69) is 21.5 Å². The van der Waals surface area contributed by atoms with E-state index in [0.29, 0.717) is 22.8 Å². The first kappa shape index (κ1) is 31.7. The van der Waals surface area contributed by atoms with Crippen LogP contribution in [-0.4, -0.2) is 58.0 Å². The monoisotopic (exact) mass is 610 g/mol. The topological polar surface area (TPSA) is 120 Å². The number of aromatic nitrogens is 4. The molecule has 10 nitrogen and oxygen atoms in total. The molecule has 2 aromatic heterocycles. The lowest BCUT2D eigenvalue weighted by Crippen LogP contribution is -2.42. The maximum absolute atomic E-state index is 15.2. The third-order valence-corrected chi connectivity index (χ3v) is 8.27. The summed E-state index contributed by atoms with van der Waals surface area (Å²) in [6.07, 6.45) is 2.50. The molecule has 0 saturated carbocycles. The van der Waals surface area contributed by atoms with E-state index in [-0.39, 0.29) is 12.1 Å². The van der Waals surface area contributed by atoms with E-state index in [9.17, 15) is 14.3 Å². The van der Waals surface area contributed by atoms with Crippen molar-refractivity contribution in [1.82, 2.24) is 25.0 Å². The highest BCUT2D eigenvalue weighted by molar-refractivity contribution is 7.10. The Balaban J connectivity index is 1.59. The predicted molar refractivity (Wildman–Crippen MR) is 156 cm³/mol. The van der Waals surface area contributed by atoms with Crippen molar-refractivity contribution in [3.63, 3.8) is 0 Å².